The van der Waals surface area contributed by atoms with Crippen molar-refractivity contribution in [1.82, 2.24) is 20.1 Å². The summed E-state index contributed by atoms with van der Waals surface area (Å²) < 4.78 is 5.18. The van der Waals surface area contributed by atoms with Crippen LogP contribution in [0.5, 0.6) is 5.75 Å². The Morgan fingerprint density at radius 1 is 1.21 bits per heavy atom. The van der Waals surface area contributed by atoms with Gasteiger partial charge in [-0.3, -0.25) is 14.9 Å². The highest BCUT2D eigenvalue weighted by molar-refractivity contribution is 5.79. The van der Waals surface area contributed by atoms with Crippen LogP contribution in [-0.4, -0.2) is 46.2 Å². The zero-order valence-electron chi connectivity index (χ0n) is 16.0. The fourth-order valence-corrected chi connectivity index (χ4v) is 3.84. The van der Waals surface area contributed by atoms with Gasteiger partial charge >= 0.3 is 0 Å². The van der Waals surface area contributed by atoms with Crippen LogP contribution in [0.4, 0.5) is 0 Å². The van der Waals surface area contributed by atoms with E-state index in [0.717, 1.165) is 54.1 Å². The summed E-state index contributed by atoms with van der Waals surface area (Å²) in [7, 11) is 1.64. The Hall–Kier alpha value is -3.15. The minimum atomic E-state index is 0.167. The van der Waals surface area contributed by atoms with Crippen molar-refractivity contribution >= 4 is 5.91 Å². The molecule has 1 atom stereocenters. The van der Waals surface area contributed by atoms with Crippen LogP contribution < -0.4 is 4.74 Å². The Kier molecular flexibility index (Phi) is 5.37. The average Bonchev–Trinajstić information content (AvgIpc) is 3.25. The fourth-order valence-electron chi connectivity index (χ4n) is 3.84. The van der Waals surface area contributed by atoms with Crippen molar-refractivity contribution in [3.63, 3.8) is 0 Å². The van der Waals surface area contributed by atoms with E-state index in [4.69, 9.17) is 4.74 Å². The molecule has 4 rings (SSSR count). The lowest BCUT2D eigenvalue weighted by Crippen LogP contribution is -2.40. The zero-order valence-corrected chi connectivity index (χ0v) is 16.0. The van der Waals surface area contributed by atoms with E-state index in [-0.39, 0.29) is 11.8 Å². The smallest absolute Gasteiger partial charge is 0.227 e. The maximum Gasteiger partial charge on any atom is 0.227 e. The van der Waals surface area contributed by atoms with E-state index in [2.05, 4.69) is 15.2 Å². The second-order valence-corrected chi connectivity index (χ2v) is 7.14. The largest absolute Gasteiger partial charge is 0.497 e. The topological polar surface area (TPSA) is 71.1 Å². The Bertz CT molecular complexity index is 921. The lowest BCUT2D eigenvalue weighted by atomic mass is 9.90. The molecule has 0 aliphatic carbocycles. The molecule has 1 aliphatic heterocycles. The first-order chi connectivity index (χ1) is 13.7. The van der Waals surface area contributed by atoms with Crippen LogP contribution in [0.2, 0.25) is 0 Å². The summed E-state index contributed by atoms with van der Waals surface area (Å²) in [5, 5.41) is 7.44. The number of rotatable bonds is 5. The van der Waals surface area contributed by atoms with Crippen molar-refractivity contribution in [2.45, 2.75) is 25.2 Å². The number of piperidine rings is 1. The third-order valence-corrected chi connectivity index (χ3v) is 5.36. The van der Waals surface area contributed by atoms with Gasteiger partial charge in [0.1, 0.15) is 5.75 Å². The van der Waals surface area contributed by atoms with Crippen LogP contribution in [-0.2, 0) is 11.2 Å². The molecule has 1 N–H and O–H groups in total. The first-order valence-corrected chi connectivity index (χ1v) is 9.59. The SMILES string of the molecule is COc1ccc(CC(=O)N2CCC[C@H](c3[nH]ncc3-c3ccncc3)C2)cc1. The van der Waals surface area contributed by atoms with Crippen molar-refractivity contribution < 1.29 is 9.53 Å². The molecule has 0 radical (unpaired) electrons. The molecule has 6 heteroatoms. The highest BCUT2D eigenvalue weighted by Crippen LogP contribution is 2.33. The number of benzene rings is 1. The Morgan fingerprint density at radius 3 is 2.75 bits per heavy atom. The minimum absolute atomic E-state index is 0.167. The summed E-state index contributed by atoms with van der Waals surface area (Å²) in [5.74, 6) is 1.23. The molecule has 0 unspecified atom stereocenters. The summed E-state index contributed by atoms with van der Waals surface area (Å²) in [6.45, 7) is 1.53. The van der Waals surface area contributed by atoms with Crippen molar-refractivity contribution in [3.8, 4) is 16.9 Å². The van der Waals surface area contributed by atoms with Crippen LogP contribution in [0, 0.1) is 0 Å². The first-order valence-electron chi connectivity index (χ1n) is 9.59. The maximum atomic E-state index is 12.9. The zero-order chi connectivity index (χ0) is 19.3. The van der Waals surface area contributed by atoms with E-state index < -0.39 is 0 Å². The van der Waals surface area contributed by atoms with Crippen molar-refractivity contribution in [1.29, 1.82) is 0 Å². The number of amides is 1. The lowest BCUT2D eigenvalue weighted by Gasteiger charge is -2.33. The second kappa shape index (κ2) is 8.25. The van der Waals surface area contributed by atoms with Gasteiger partial charge in [0.15, 0.2) is 0 Å². The van der Waals surface area contributed by atoms with Gasteiger partial charge in [0.25, 0.3) is 0 Å². The minimum Gasteiger partial charge on any atom is -0.497 e. The number of carbonyl (C=O) groups is 1. The van der Waals surface area contributed by atoms with E-state index in [1.165, 1.54) is 0 Å². The highest BCUT2D eigenvalue weighted by atomic mass is 16.5. The van der Waals surface area contributed by atoms with E-state index in [1.54, 1.807) is 19.5 Å². The van der Waals surface area contributed by atoms with Crippen LogP contribution in [0.1, 0.15) is 30.0 Å². The number of aromatic amines is 1. The molecule has 1 amide bonds. The van der Waals surface area contributed by atoms with E-state index in [0.29, 0.717) is 6.42 Å². The summed E-state index contributed by atoms with van der Waals surface area (Å²) >= 11 is 0. The van der Waals surface area contributed by atoms with Gasteiger partial charge in [-0.15, -0.1) is 0 Å². The molecule has 0 saturated carbocycles. The number of hydrogen-bond acceptors (Lipinski definition) is 4. The van der Waals surface area contributed by atoms with Gasteiger partial charge < -0.3 is 9.64 Å². The second-order valence-electron chi connectivity index (χ2n) is 7.14. The van der Waals surface area contributed by atoms with Gasteiger partial charge in [-0.1, -0.05) is 12.1 Å². The van der Waals surface area contributed by atoms with Crippen LogP contribution in [0.3, 0.4) is 0 Å². The van der Waals surface area contributed by atoms with Gasteiger partial charge in [0.2, 0.25) is 5.91 Å². The highest BCUT2D eigenvalue weighted by Gasteiger charge is 2.27. The van der Waals surface area contributed by atoms with E-state index >= 15 is 0 Å². The summed E-state index contributed by atoms with van der Waals surface area (Å²) in [6, 6.07) is 11.7. The number of carbonyl (C=O) groups excluding carboxylic acids is 1. The van der Waals surface area contributed by atoms with Crippen molar-refractivity contribution in [3.05, 3.63) is 66.2 Å². The quantitative estimate of drug-likeness (QED) is 0.741. The summed E-state index contributed by atoms with van der Waals surface area (Å²) in [4.78, 5) is 18.9. The number of likely N-dealkylation sites (tertiary alicyclic amines) is 1. The van der Waals surface area contributed by atoms with Crippen LogP contribution in [0.15, 0.2) is 55.0 Å². The number of nitrogens with one attached hydrogen (secondary N) is 1. The monoisotopic (exact) mass is 376 g/mol. The number of hydrogen-bond donors (Lipinski definition) is 1. The molecule has 144 valence electrons. The van der Waals surface area contributed by atoms with Gasteiger partial charge in [0.05, 0.1) is 19.7 Å². The Labute approximate surface area is 164 Å². The predicted molar refractivity (Wildman–Crippen MR) is 107 cm³/mol. The maximum absolute atomic E-state index is 12.9. The molecule has 3 aromatic rings. The molecule has 0 spiro atoms. The van der Waals surface area contributed by atoms with Crippen LogP contribution >= 0.6 is 0 Å². The first kappa shape index (κ1) is 18.2. The summed E-state index contributed by atoms with van der Waals surface area (Å²) in [5.41, 5.74) is 4.30. The molecular formula is C22H24N4O2. The molecule has 2 aromatic heterocycles. The molecule has 1 saturated heterocycles. The Morgan fingerprint density at radius 2 is 2.00 bits per heavy atom. The number of nitrogens with zero attached hydrogens (tertiary/aromatic N) is 3. The third kappa shape index (κ3) is 3.91. The number of H-pyrrole nitrogens is 1. The molecule has 3 heterocycles. The van der Waals surface area contributed by atoms with Gasteiger partial charge in [-0.05, 0) is 48.2 Å². The molecule has 1 aliphatic rings. The normalized spacial score (nSPS) is 16.8. The standard InChI is InChI=1S/C22H24N4O2/c1-28-19-6-4-16(5-7-19)13-21(27)26-12-2-3-18(15-26)22-20(14-24-25-22)17-8-10-23-11-9-17/h4-11,14,18H,2-3,12-13,15H2,1H3,(H,24,25)/t18-/m0/s1. The molecule has 0 bridgehead atoms. The summed E-state index contributed by atoms with van der Waals surface area (Å²) in [6.07, 6.45) is 7.90. The van der Waals surface area contributed by atoms with Crippen LogP contribution in [0.25, 0.3) is 11.1 Å². The van der Waals surface area contributed by atoms with Crippen molar-refractivity contribution in [2.75, 3.05) is 20.2 Å². The fraction of sp³-hybridized carbons (Fsp3) is 0.318. The Balaban J connectivity index is 1.46. The average molecular weight is 376 g/mol. The molecule has 28 heavy (non-hydrogen) atoms. The van der Waals surface area contributed by atoms with Gasteiger partial charge in [-0.2, -0.15) is 5.10 Å². The predicted octanol–water partition coefficient (Wildman–Crippen LogP) is 3.43. The van der Waals surface area contributed by atoms with E-state index in [9.17, 15) is 4.79 Å². The number of ether oxygens (including phenoxy) is 1. The number of pyridine rings is 1. The lowest BCUT2D eigenvalue weighted by molar-refractivity contribution is -0.131. The van der Waals surface area contributed by atoms with Gasteiger partial charge in [-0.25, -0.2) is 0 Å². The van der Waals surface area contributed by atoms with Crippen molar-refractivity contribution in [2.24, 2.45) is 0 Å². The number of aromatic nitrogens is 3. The third-order valence-electron chi connectivity index (χ3n) is 5.36. The van der Waals surface area contributed by atoms with Gasteiger partial charge in [0, 0.05) is 42.7 Å². The number of methoxy groups -OCH3 is 1. The molecule has 1 fully saturated rings. The molecule has 6 nitrogen and oxygen atoms in total. The van der Waals surface area contributed by atoms with E-state index in [1.807, 2.05) is 47.5 Å². The molecular weight excluding hydrogens is 352 g/mol. The molecule has 1 aromatic carbocycles.